The molecule has 0 radical (unpaired) electrons. The third kappa shape index (κ3) is 3.00. The van der Waals surface area contributed by atoms with Crippen LogP contribution in [0.4, 0.5) is 5.82 Å². The van der Waals surface area contributed by atoms with E-state index < -0.39 is 0 Å². The number of halogens is 2. The smallest absolute Gasteiger partial charge is 0.159 e. The zero-order valence-corrected chi connectivity index (χ0v) is 10.6. The Morgan fingerprint density at radius 3 is 3.00 bits per heavy atom. The van der Waals surface area contributed by atoms with Gasteiger partial charge in [0.05, 0.1) is 11.9 Å². The van der Waals surface area contributed by atoms with Gasteiger partial charge in [-0.25, -0.2) is 9.97 Å². The van der Waals surface area contributed by atoms with Crippen LogP contribution in [0.15, 0.2) is 6.20 Å². The van der Waals surface area contributed by atoms with Crippen LogP contribution in [0, 0.1) is 5.41 Å². The summed E-state index contributed by atoms with van der Waals surface area (Å²) in [5, 5.41) is 10.8. The summed E-state index contributed by atoms with van der Waals surface area (Å²) in [6, 6.07) is 0. The second kappa shape index (κ2) is 5.02. The molecular formula is C6H7ClIN4P. The number of anilines is 1. The largest absolute Gasteiger partial charge is 0.341 e. The molecule has 1 heterocycles. The molecule has 0 bridgehead atoms. The average molecular weight is 328 g/mol. The first-order valence-electron chi connectivity index (χ1n) is 3.35. The van der Waals surface area contributed by atoms with Crippen LogP contribution >= 0.6 is 40.0 Å². The summed E-state index contributed by atoms with van der Waals surface area (Å²) in [6.07, 6.45) is 1.92. The van der Waals surface area contributed by atoms with Crippen LogP contribution in [0.5, 0.6) is 0 Å². The van der Waals surface area contributed by atoms with Crippen molar-refractivity contribution in [1.29, 1.82) is 5.41 Å². The van der Waals surface area contributed by atoms with Crippen LogP contribution in [-0.4, -0.2) is 15.7 Å². The van der Waals surface area contributed by atoms with Crippen molar-refractivity contribution in [1.82, 2.24) is 9.97 Å². The van der Waals surface area contributed by atoms with E-state index in [1.54, 1.807) is 6.92 Å². The maximum absolute atomic E-state index is 7.44. The van der Waals surface area contributed by atoms with E-state index in [9.17, 15) is 0 Å². The fourth-order valence-corrected chi connectivity index (χ4v) is 1.94. The third-order valence-corrected chi connectivity index (χ3v) is 2.59. The summed E-state index contributed by atoms with van der Waals surface area (Å²) in [7, 11) is 0. The fourth-order valence-electron chi connectivity index (χ4n) is 0.774. The van der Waals surface area contributed by atoms with Gasteiger partial charge in [0.1, 0.15) is 10.8 Å². The van der Waals surface area contributed by atoms with Crippen LogP contribution < -0.4 is 5.09 Å². The average Bonchev–Trinajstić information content (AvgIpc) is 2.04. The maximum Gasteiger partial charge on any atom is 0.159 e. The molecule has 70 valence electrons. The van der Waals surface area contributed by atoms with E-state index in [1.165, 1.54) is 6.20 Å². The van der Waals surface area contributed by atoms with Crippen molar-refractivity contribution >= 4 is 51.5 Å². The molecule has 2 N–H and O–H groups in total. The van der Waals surface area contributed by atoms with Crippen molar-refractivity contribution in [3.05, 3.63) is 17.0 Å². The molecular weight excluding hydrogens is 321 g/mol. The van der Waals surface area contributed by atoms with Gasteiger partial charge in [0.25, 0.3) is 0 Å². The van der Waals surface area contributed by atoms with Gasteiger partial charge in [-0.15, -0.1) is 0 Å². The lowest BCUT2D eigenvalue weighted by molar-refractivity contribution is 1.18. The summed E-state index contributed by atoms with van der Waals surface area (Å²) < 4.78 is 0. The highest BCUT2D eigenvalue weighted by Gasteiger charge is 2.07. The van der Waals surface area contributed by atoms with Crippen LogP contribution in [0.1, 0.15) is 12.6 Å². The summed E-state index contributed by atoms with van der Waals surface area (Å²) in [5.74, 6) is 0.577. The number of hydrogen-bond acceptors (Lipinski definition) is 4. The van der Waals surface area contributed by atoms with Gasteiger partial charge in [-0.2, -0.15) is 0 Å². The van der Waals surface area contributed by atoms with Crippen molar-refractivity contribution < 1.29 is 0 Å². The zero-order chi connectivity index (χ0) is 9.84. The first-order chi connectivity index (χ1) is 6.15. The Hall–Kier alpha value is -0.000000000000000222. The predicted molar refractivity (Wildman–Crippen MR) is 65.5 cm³/mol. The normalized spacial score (nSPS) is 10.7. The monoisotopic (exact) mass is 328 g/mol. The SMILES string of the molecule is CC(=N)c1ncc(Cl)nc1NPI. The van der Waals surface area contributed by atoms with Crippen molar-refractivity contribution in [3.8, 4) is 0 Å². The van der Waals surface area contributed by atoms with Crippen molar-refractivity contribution in [3.63, 3.8) is 0 Å². The maximum atomic E-state index is 7.44. The molecule has 0 spiro atoms. The Morgan fingerprint density at radius 1 is 1.77 bits per heavy atom. The molecule has 1 atom stereocenters. The molecule has 13 heavy (non-hydrogen) atoms. The Labute approximate surface area is 95.7 Å². The lowest BCUT2D eigenvalue weighted by Gasteiger charge is -2.06. The van der Waals surface area contributed by atoms with E-state index in [0.29, 0.717) is 28.8 Å². The molecule has 0 amide bonds. The second-order valence-electron chi connectivity index (χ2n) is 2.23. The quantitative estimate of drug-likeness (QED) is 0.509. The molecule has 7 heteroatoms. The predicted octanol–water partition coefficient (Wildman–Crippen LogP) is 2.87. The Bertz CT molecular complexity index is 332. The minimum absolute atomic E-state index is 0.335. The van der Waals surface area contributed by atoms with Crippen LogP contribution in [0.3, 0.4) is 0 Å². The molecule has 0 aliphatic carbocycles. The Morgan fingerprint density at radius 2 is 2.46 bits per heavy atom. The van der Waals surface area contributed by atoms with Crippen molar-refractivity contribution in [2.75, 3.05) is 5.09 Å². The third-order valence-electron chi connectivity index (χ3n) is 1.26. The van der Waals surface area contributed by atoms with Gasteiger partial charge in [0.2, 0.25) is 0 Å². The molecule has 0 saturated carbocycles. The lowest BCUT2D eigenvalue weighted by Crippen LogP contribution is -2.03. The number of hydrogen-bond donors (Lipinski definition) is 2. The number of nitrogens with zero attached hydrogens (tertiary/aromatic N) is 2. The molecule has 1 aromatic heterocycles. The van der Waals surface area contributed by atoms with Gasteiger partial charge in [0.15, 0.2) is 5.82 Å². The van der Waals surface area contributed by atoms with Gasteiger partial charge < -0.3 is 10.5 Å². The Kier molecular flexibility index (Phi) is 4.28. The van der Waals surface area contributed by atoms with Crippen molar-refractivity contribution in [2.45, 2.75) is 6.92 Å². The number of nitrogens with one attached hydrogen (secondary N) is 2. The van der Waals surface area contributed by atoms with Gasteiger partial charge in [-0.1, -0.05) is 11.6 Å². The van der Waals surface area contributed by atoms with E-state index in [2.05, 4.69) is 37.1 Å². The summed E-state index contributed by atoms with van der Waals surface area (Å²) in [5.41, 5.74) is 0.926. The van der Waals surface area contributed by atoms with E-state index in [1.807, 2.05) is 0 Å². The molecule has 1 rings (SSSR count). The zero-order valence-electron chi connectivity index (χ0n) is 6.73. The molecule has 1 aromatic rings. The highest BCUT2D eigenvalue weighted by Crippen LogP contribution is 2.25. The number of aromatic nitrogens is 2. The van der Waals surface area contributed by atoms with E-state index in [0.717, 1.165) is 0 Å². The highest BCUT2D eigenvalue weighted by atomic mass is 127. The molecule has 4 nitrogen and oxygen atoms in total. The summed E-state index contributed by atoms with van der Waals surface area (Å²) >= 11 is 7.85. The molecule has 0 aromatic carbocycles. The van der Waals surface area contributed by atoms with E-state index in [-0.39, 0.29) is 0 Å². The Balaban J connectivity index is 3.10. The van der Waals surface area contributed by atoms with Crippen LogP contribution in [-0.2, 0) is 0 Å². The first-order valence-corrected chi connectivity index (χ1v) is 7.84. The topological polar surface area (TPSA) is 61.7 Å². The summed E-state index contributed by atoms with van der Waals surface area (Å²) in [4.78, 5) is 8.05. The van der Waals surface area contributed by atoms with Gasteiger partial charge in [-0.3, -0.25) is 0 Å². The fraction of sp³-hybridized carbons (Fsp3) is 0.167. The van der Waals surface area contributed by atoms with Gasteiger partial charge >= 0.3 is 0 Å². The molecule has 1 unspecified atom stereocenters. The molecule has 0 fully saturated rings. The summed E-state index contributed by atoms with van der Waals surface area (Å²) in [6.45, 7) is 1.67. The second-order valence-corrected chi connectivity index (χ2v) is 4.68. The molecule has 0 aliphatic heterocycles. The van der Waals surface area contributed by atoms with Crippen LogP contribution in [0.25, 0.3) is 0 Å². The minimum atomic E-state index is 0.335. The molecule has 0 saturated heterocycles. The van der Waals surface area contributed by atoms with E-state index in [4.69, 9.17) is 17.0 Å². The number of rotatable bonds is 3. The van der Waals surface area contributed by atoms with Crippen molar-refractivity contribution in [2.24, 2.45) is 0 Å². The highest BCUT2D eigenvalue weighted by molar-refractivity contribution is 14.2. The molecule has 0 aliphatic rings. The van der Waals surface area contributed by atoms with Crippen LogP contribution in [0.2, 0.25) is 5.15 Å². The van der Waals surface area contributed by atoms with Gasteiger partial charge in [-0.05, 0) is 29.0 Å². The first kappa shape index (κ1) is 11.1. The minimum Gasteiger partial charge on any atom is -0.341 e. The van der Waals surface area contributed by atoms with Gasteiger partial charge in [0, 0.05) is 6.37 Å². The van der Waals surface area contributed by atoms with E-state index >= 15 is 0 Å². The standard InChI is InChI=1S/C6H7ClIN4P/c1-3(9)5-6(12-13-8)11-4(7)2-10-5/h2,9,13H,1H3,(H,11,12). The lowest BCUT2D eigenvalue weighted by atomic mass is 10.3.